The Kier molecular flexibility index (Phi) is 16.7. The Bertz CT molecular complexity index is 1190. The summed E-state index contributed by atoms with van der Waals surface area (Å²) in [6, 6.07) is 9.18. The molecule has 52 heavy (non-hydrogen) atoms. The molecule has 0 aromatic heterocycles. The molecule has 10 heteroatoms. The Hall–Kier alpha value is -1.63. The van der Waals surface area contributed by atoms with Crippen LogP contribution in [0.2, 0.25) is 18.1 Å². The number of hydrogen-bond acceptors (Lipinski definition) is 9. The molecule has 1 aromatic carbocycles. The van der Waals surface area contributed by atoms with Gasteiger partial charge in [-0.1, -0.05) is 51.1 Å². The van der Waals surface area contributed by atoms with E-state index in [2.05, 4.69) is 46.0 Å². The predicted molar refractivity (Wildman–Crippen MR) is 204 cm³/mol. The van der Waals surface area contributed by atoms with E-state index in [4.69, 9.17) is 37.6 Å². The van der Waals surface area contributed by atoms with Crippen LogP contribution in [0.25, 0.3) is 0 Å². The molecule has 9 nitrogen and oxygen atoms in total. The Morgan fingerprint density at radius 1 is 0.827 bits per heavy atom. The number of carbonyl (C=O) groups excluding carboxylic acids is 1. The molecular formula is C42H68O9Si. The molecule has 4 aliphatic rings. The zero-order chi connectivity index (χ0) is 36.8. The highest BCUT2D eigenvalue weighted by atomic mass is 28.4. The van der Waals surface area contributed by atoms with E-state index in [1.807, 2.05) is 18.2 Å². The first-order valence-electron chi connectivity index (χ1n) is 20.4. The summed E-state index contributed by atoms with van der Waals surface area (Å²) in [7, 11) is -1.98. The van der Waals surface area contributed by atoms with Gasteiger partial charge in [-0.05, 0) is 120 Å². The SMILES string of the molecule is CC(C)(C)[Si](C)(C)OC[C@@H]1[C@@H](CC=CCCCC(COC2CCCCO2)OC(=O)c2ccccc2)[C@@H](OC2CCCCO2)C[C@H]1OC1CCCCO1. The molecule has 0 N–H and O–H groups in total. The number of benzene rings is 1. The first-order valence-corrected chi connectivity index (χ1v) is 23.3. The van der Waals surface area contributed by atoms with E-state index >= 15 is 0 Å². The highest BCUT2D eigenvalue weighted by Gasteiger charge is 2.48. The number of rotatable bonds is 18. The molecule has 1 aliphatic carbocycles. The van der Waals surface area contributed by atoms with Crippen molar-refractivity contribution in [3.05, 3.63) is 48.0 Å². The summed E-state index contributed by atoms with van der Waals surface area (Å²) in [6.45, 7) is 14.8. The van der Waals surface area contributed by atoms with E-state index in [1.54, 1.807) is 12.1 Å². The highest BCUT2D eigenvalue weighted by Crippen LogP contribution is 2.44. The average molecular weight is 745 g/mol. The van der Waals surface area contributed by atoms with Gasteiger partial charge in [0, 0.05) is 38.8 Å². The van der Waals surface area contributed by atoms with E-state index in [0.29, 0.717) is 25.2 Å². The zero-order valence-electron chi connectivity index (χ0n) is 32.8. The number of unbranched alkanes of at least 4 members (excludes halogenated alkanes) is 1. The topological polar surface area (TPSA) is 90.9 Å². The van der Waals surface area contributed by atoms with Crippen molar-refractivity contribution in [2.24, 2.45) is 11.8 Å². The second kappa shape index (κ2) is 20.9. The van der Waals surface area contributed by atoms with Gasteiger partial charge in [0.15, 0.2) is 27.2 Å². The minimum absolute atomic E-state index is 0.00746. The lowest BCUT2D eigenvalue weighted by molar-refractivity contribution is -0.204. The Morgan fingerprint density at radius 2 is 1.42 bits per heavy atom. The van der Waals surface area contributed by atoms with E-state index in [-0.39, 0.29) is 60.0 Å². The zero-order valence-corrected chi connectivity index (χ0v) is 33.8. The van der Waals surface area contributed by atoms with Gasteiger partial charge in [0.1, 0.15) is 6.10 Å². The Labute approximate surface area is 314 Å². The lowest BCUT2D eigenvalue weighted by atomic mass is 9.90. The molecule has 3 aliphatic heterocycles. The van der Waals surface area contributed by atoms with Gasteiger partial charge in [-0.3, -0.25) is 0 Å². The largest absolute Gasteiger partial charge is 0.456 e. The van der Waals surface area contributed by atoms with Crippen molar-refractivity contribution in [3.8, 4) is 0 Å². The summed E-state index contributed by atoms with van der Waals surface area (Å²) in [5.41, 5.74) is 0.553. The molecule has 4 fully saturated rings. The molecule has 0 spiro atoms. The fourth-order valence-electron chi connectivity index (χ4n) is 7.41. The van der Waals surface area contributed by atoms with Crippen LogP contribution >= 0.6 is 0 Å². The van der Waals surface area contributed by atoms with Crippen molar-refractivity contribution in [2.45, 2.75) is 166 Å². The maximum Gasteiger partial charge on any atom is 0.338 e. The van der Waals surface area contributed by atoms with Gasteiger partial charge in [-0.25, -0.2) is 4.79 Å². The molecule has 8 atom stereocenters. The number of allylic oxidation sites excluding steroid dienone is 2. The number of carbonyl (C=O) groups is 1. The molecule has 5 rings (SSSR count). The summed E-state index contributed by atoms with van der Waals surface area (Å²) in [4.78, 5) is 12.9. The first-order chi connectivity index (χ1) is 25.1. The lowest BCUT2D eigenvalue weighted by Crippen LogP contribution is -2.44. The van der Waals surface area contributed by atoms with Gasteiger partial charge < -0.3 is 37.6 Å². The molecule has 0 amide bonds. The van der Waals surface area contributed by atoms with Crippen molar-refractivity contribution in [3.63, 3.8) is 0 Å². The Morgan fingerprint density at radius 3 is 2.00 bits per heavy atom. The molecule has 4 unspecified atom stereocenters. The molecule has 0 bridgehead atoms. The molecule has 1 aromatic rings. The van der Waals surface area contributed by atoms with Crippen molar-refractivity contribution in [1.82, 2.24) is 0 Å². The quantitative estimate of drug-likeness (QED) is 0.0631. The van der Waals surface area contributed by atoms with Crippen molar-refractivity contribution >= 4 is 14.3 Å². The number of hydrogen-bond donors (Lipinski definition) is 0. The van der Waals surface area contributed by atoms with Gasteiger partial charge >= 0.3 is 5.97 Å². The fraction of sp³-hybridized carbons (Fsp3) is 0.786. The van der Waals surface area contributed by atoms with E-state index in [9.17, 15) is 4.79 Å². The van der Waals surface area contributed by atoms with Crippen molar-refractivity contribution in [2.75, 3.05) is 33.0 Å². The smallest absolute Gasteiger partial charge is 0.338 e. The normalized spacial score (nSPS) is 29.7. The molecular weight excluding hydrogens is 677 g/mol. The minimum Gasteiger partial charge on any atom is -0.456 e. The second-order valence-corrected chi connectivity index (χ2v) is 21.5. The molecule has 0 radical (unpaired) electrons. The average Bonchev–Trinajstić information content (AvgIpc) is 3.46. The first kappa shape index (κ1) is 41.5. The molecule has 3 heterocycles. The van der Waals surface area contributed by atoms with Gasteiger partial charge in [-0.15, -0.1) is 0 Å². The summed E-state index contributed by atoms with van der Waals surface area (Å²) in [5, 5.41) is 0.122. The number of esters is 1. The van der Waals surface area contributed by atoms with Crippen LogP contribution in [0.15, 0.2) is 42.5 Å². The number of ether oxygens (including phenoxy) is 7. The van der Waals surface area contributed by atoms with Gasteiger partial charge in [-0.2, -0.15) is 0 Å². The van der Waals surface area contributed by atoms with Crippen molar-refractivity contribution < 1.29 is 42.4 Å². The second-order valence-electron chi connectivity index (χ2n) is 16.7. The van der Waals surface area contributed by atoms with Crippen LogP contribution in [0.1, 0.15) is 121 Å². The van der Waals surface area contributed by atoms with Crippen LogP contribution in [-0.4, -0.2) is 84.5 Å². The van der Waals surface area contributed by atoms with Gasteiger partial charge in [0.2, 0.25) is 0 Å². The van der Waals surface area contributed by atoms with Crippen molar-refractivity contribution in [1.29, 1.82) is 0 Å². The maximum absolute atomic E-state index is 12.9. The van der Waals surface area contributed by atoms with Gasteiger partial charge in [0.25, 0.3) is 0 Å². The van der Waals surface area contributed by atoms with Crippen LogP contribution < -0.4 is 0 Å². The van der Waals surface area contributed by atoms with Crippen LogP contribution in [0.5, 0.6) is 0 Å². The van der Waals surface area contributed by atoms with Crippen LogP contribution in [-0.2, 0) is 37.6 Å². The van der Waals surface area contributed by atoms with E-state index in [0.717, 1.165) is 103 Å². The maximum atomic E-state index is 12.9. The summed E-state index contributed by atoms with van der Waals surface area (Å²) in [6.07, 6.45) is 17.3. The molecule has 3 saturated heterocycles. The Balaban J connectivity index is 1.22. The van der Waals surface area contributed by atoms with Crippen LogP contribution in [0, 0.1) is 11.8 Å². The van der Waals surface area contributed by atoms with Crippen LogP contribution in [0.3, 0.4) is 0 Å². The highest BCUT2D eigenvalue weighted by molar-refractivity contribution is 6.74. The standard InChI is InChI=1S/C42H68O9Si/c1-42(2,3)52(4,5)48-31-35-34(36(50-39-24-14-17-27-45-39)29-37(35)51-40-25-15-18-28-46-40)22-12-7-6-11-21-33(30-47-38-23-13-16-26-44-38)49-41(43)32-19-9-8-10-20-32/h7-10,12,19-20,33-40H,6,11,13-18,21-31H2,1-5H3/t33?,34-,35-,36+,37-,38?,39?,40?/m1/s1. The summed E-state index contributed by atoms with van der Waals surface area (Å²) < 4.78 is 50.4. The molecule has 1 saturated carbocycles. The predicted octanol–water partition coefficient (Wildman–Crippen LogP) is 9.35. The monoisotopic (exact) mass is 744 g/mol. The van der Waals surface area contributed by atoms with Gasteiger partial charge in [0.05, 0.1) is 24.4 Å². The third kappa shape index (κ3) is 13.0. The van der Waals surface area contributed by atoms with Crippen LogP contribution in [0.4, 0.5) is 0 Å². The fourth-order valence-corrected chi connectivity index (χ4v) is 8.45. The van der Waals surface area contributed by atoms with E-state index < -0.39 is 8.32 Å². The minimum atomic E-state index is -1.98. The summed E-state index contributed by atoms with van der Waals surface area (Å²) in [5.74, 6) is 0.118. The summed E-state index contributed by atoms with van der Waals surface area (Å²) >= 11 is 0. The third-order valence-corrected chi connectivity index (χ3v) is 16.2. The van der Waals surface area contributed by atoms with E-state index in [1.165, 1.54) is 0 Å². The molecule has 294 valence electrons. The lowest BCUT2D eigenvalue weighted by Gasteiger charge is -2.39. The third-order valence-electron chi connectivity index (χ3n) is 11.7.